The van der Waals surface area contributed by atoms with Crippen molar-refractivity contribution < 1.29 is 9.90 Å². The molecule has 0 aromatic carbocycles. The Kier molecular flexibility index (Phi) is 7.46. The van der Waals surface area contributed by atoms with Crippen LogP contribution in [0.1, 0.15) is 47.0 Å². The average molecular weight is 299 g/mol. The first-order valence-corrected chi connectivity index (χ1v) is 8.31. The zero-order valence-corrected chi connectivity index (χ0v) is 14.1. The minimum absolute atomic E-state index is 0.160. The lowest BCUT2D eigenvalue weighted by Crippen LogP contribution is -2.49. The summed E-state index contributed by atoms with van der Waals surface area (Å²) in [5, 5.41) is 15.9. The Balaban J connectivity index is 2.14. The summed E-state index contributed by atoms with van der Waals surface area (Å²) in [5.74, 6) is 0.994. The Morgan fingerprint density at radius 2 is 2.00 bits per heavy atom. The van der Waals surface area contributed by atoms with Crippen LogP contribution in [0.3, 0.4) is 0 Å². The van der Waals surface area contributed by atoms with Crippen molar-refractivity contribution in [1.29, 1.82) is 0 Å². The zero-order chi connectivity index (χ0) is 15.9. The molecule has 0 aliphatic carbocycles. The fraction of sp³-hybridized carbons (Fsp3) is 0.938. The number of piperidine rings is 1. The number of aliphatic hydroxyl groups is 1. The third-order valence-electron chi connectivity index (χ3n) is 4.87. The van der Waals surface area contributed by atoms with Gasteiger partial charge in [-0.3, -0.25) is 0 Å². The molecular weight excluding hydrogens is 266 g/mol. The van der Waals surface area contributed by atoms with Gasteiger partial charge >= 0.3 is 6.03 Å². The SMILES string of the molecule is CCC(C)C(C)(O)CNC(=O)NCCN1CCC(C)CC1. The van der Waals surface area contributed by atoms with E-state index in [-0.39, 0.29) is 18.5 Å². The Hall–Kier alpha value is -0.810. The van der Waals surface area contributed by atoms with Crippen molar-refractivity contribution in [3.63, 3.8) is 0 Å². The molecular formula is C16H33N3O2. The highest BCUT2D eigenvalue weighted by Crippen LogP contribution is 2.18. The van der Waals surface area contributed by atoms with Gasteiger partial charge in [0.25, 0.3) is 0 Å². The maximum Gasteiger partial charge on any atom is 0.314 e. The van der Waals surface area contributed by atoms with Gasteiger partial charge in [-0.25, -0.2) is 4.79 Å². The molecule has 3 N–H and O–H groups in total. The van der Waals surface area contributed by atoms with Gasteiger partial charge in [-0.05, 0) is 44.7 Å². The maximum atomic E-state index is 11.7. The molecule has 0 aromatic rings. The lowest BCUT2D eigenvalue weighted by atomic mass is 9.89. The molecule has 0 bridgehead atoms. The van der Waals surface area contributed by atoms with Crippen LogP contribution >= 0.6 is 0 Å². The summed E-state index contributed by atoms with van der Waals surface area (Å²) in [7, 11) is 0. The van der Waals surface area contributed by atoms with E-state index in [1.165, 1.54) is 12.8 Å². The molecule has 0 saturated carbocycles. The molecule has 124 valence electrons. The fourth-order valence-corrected chi connectivity index (χ4v) is 2.55. The molecule has 1 rings (SSSR count). The Morgan fingerprint density at radius 3 is 2.57 bits per heavy atom. The predicted octanol–water partition coefficient (Wildman–Crippen LogP) is 1.81. The van der Waals surface area contributed by atoms with E-state index in [2.05, 4.69) is 22.5 Å². The Morgan fingerprint density at radius 1 is 1.38 bits per heavy atom. The van der Waals surface area contributed by atoms with Gasteiger partial charge in [-0.1, -0.05) is 27.2 Å². The van der Waals surface area contributed by atoms with Gasteiger partial charge in [0.1, 0.15) is 0 Å². The molecule has 1 fully saturated rings. The number of likely N-dealkylation sites (tertiary alicyclic amines) is 1. The number of hydrogen-bond donors (Lipinski definition) is 3. The van der Waals surface area contributed by atoms with Gasteiger partial charge < -0.3 is 20.6 Å². The highest BCUT2D eigenvalue weighted by atomic mass is 16.3. The quantitative estimate of drug-likeness (QED) is 0.672. The van der Waals surface area contributed by atoms with Crippen molar-refractivity contribution in [2.75, 3.05) is 32.7 Å². The van der Waals surface area contributed by atoms with Gasteiger partial charge in [0.2, 0.25) is 0 Å². The lowest BCUT2D eigenvalue weighted by molar-refractivity contribution is 0.00790. The number of nitrogens with zero attached hydrogens (tertiary/aromatic N) is 1. The van der Waals surface area contributed by atoms with E-state index in [9.17, 15) is 9.90 Å². The number of urea groups is 1. The van der Waals surface area contributed by atoms with Crippen LogP contribution < -0.4 is 10.6 Å². The Labute approximate surface area is 129 Å². The molecule has 5 nitrogen and oxygen atoms in total. The minimum Gasteiger partial charge on any atom is -0.388 e. The molecule has 1 aliphatic rings. The van der Waals surface area contributed by atoms with E-state index in [0.717, 1.165) is 32.0 Å². The second-order valence-electron chi connectivity index (χ2n) is 6.80. The molecule has 1 heterocycles. The van der Waals surface area contributed by atoms with E-state index in [1.807, 2.05) is 13.8 Å². The Bertz CT molecular complexity index is 313. The van der Waals surface area contributed by atoms with E-state index in [4.69, 9.17) is 0 Å². The molecule has 2 atom stereocenters. The molecule has 5 heteroatoms. The first kappa shape index (κ1) is 18.2. The number of rotatable bonds is 7. The molecule has 2 unspecified atom stereocenters. The maximum absolute atomic E-state index is 11.7. The summed E-state index contributed by atoms with van der Waals surface area (Å²) >= 11 is 0. The molecule has 21 heavy (non-hydrogen) atoms. The van der Waals surface area contributed by atoms with E-state index < -0.39 is 5.60 Å². The standard InChI is InChI=1S/C16H33N3O2/c1-5-14(3)16(4,21)12-18-15(20)17-8-11-19-9-6-13(2)7-10-19/h13-14,21H,5-12H2,1-4H3,(H2,17,18,20). The van der Waals surface area contributed by atoms with Crippen LogP contribution in [-0.2, 0) is 0 Å². The van der Waals surface area contributed by atoms with E-state index >= 15 is 0 Å². The van der Waals surface area contributed by atoms with Gasteiger partial charge in [-0.15, -0.1) is 0 Å². The molecule has 0 aromatic heterocycles. The summed E-state index contributed by atoms with van der Waals surface area (Å²) in [6.07, 6.45) is 3.40. The smallest absolute Gasteiger partial charge is 0.314 e. The summed E-state index contributed by atoms with van der Waals surface area (Å²) < 4.78 is 0. The molecule has 2 amide bonds. The summed E-state index contributed by atoms with van der Waals surface area (Å²) in [6, 6.07) is -0.191. The lowest BCUT2D eigenvalue weighted by Gasteiger charge is -2.31. The number of amides is 2. The largest absolute Gasteiger partial charge is 0.388 e. The van der Waals surface area contributed by atoms with Crippen LogP contribution in [0.25, 0.3) is 0 Å². The summed E-state index contributed by atoms with van der Waals surface area (Å²) in [5.41, 5.74) is -0.852. The normalized spacial score (nSPS) is 21.6. The number of hydrogen-bond acceptors (Lipinski definition) is 3. The van der Waals surface area contributed by atoms with Crippen LogP contribution in [0.5, 0.6) is 0 Å². The van der Waals surface area contributed by atoms with Crippen molar-refractivity contribution in [1.82, 2.24) is 15.5 Å². The predicted molar refractivity (Wildman–Crippen MR) is 86.3 cm³/mol. The van der Waals surface area contributed by atoms with Gasteiger partial charge in [0.05, 0.1) is 5.60 Å². The highest BCUT2D eigenvalue weighted by Gasteiger charge is 2.27. The molecule has 0 spiro atoms. The highest BCUT2D eigenvalue weighted by molar-refractivity contribution is 5.73. The van der Waals surface area contributed by atoms with E-state index in [1.54, 1.807) is 6.92 Å². The van der Waals surface area contributed by atoms with Crippen LogP contribution in [0.4, 0.5) is 4.79 Å². The van der Waals surface area contributed by atoms with Crippen molar-refractivity contribution in [2.24, 2.45) is 11.8 Å². The second-order valence-corrected chi connectivity index (χ2v) is 6.80. The second kappa shape index (κ2) is 8.59. The topological polar surface area (TPSA) is 64.6 Å². The third-order valence-corrected chi connectivity index (χ3v) is 4.87. The van der Waals surface area contributed by atoms with Crippen LogP contribution in [0.15, 0.2) is 0 Å². The zero-order valence-electron chi connectivity index (χ0n) is 14.1. The summed E-state index contributed by atoms with van der Waals surface area (Å²) in [6.45, 7) is 12.2. The first-order chi connectivity index (χ1) is 9.85. The molecule has 0 radical (unpaired) electrons. The van der Waals surface area contributed by atoms with Gasteiger partial charge in [0, 0.05) is 19.6 Å². The van der Waals surface area contributed by atoms with Crippen molar-refractivity contribution in [3.05, 3.63) is 0 Å². The average Bonchev–Trinajstić information content (AvgIpc) is 2.46. The van der Waals surface area contributed by atoms with Gasteiger partial charge in [-0.2, -0.15) is 0 Å². The number of nitrogens with one attached hydrogen (secondary N) is 2. The van der Waals surface area contributed by atoms with E-state index in [0.29, 0.717) is 6.54 Å². The monoisotopic (exact) mass is 299 g/mol. The number of carbonyl (C=O) groups excluding carboxylic acids is 1. The number of carbonyl (C=O) groups is 1. The molecule has 1 saturated heterocycles. The minimum atomic E-state index is -0.852. The van der Waals surface area contributed by atoms with Gasteiger partial charge in [0.15, 0.2) is 0 Å². The van der Waals surface area contributed by atoms with Crippen LogP contribution in [0.2, 0.25) is 0 Å². The first-order valence-electron chi connectivity index (χ1n) is 8.31. The van der Waals surface area contributed by atoms with Crippen molar-refractivity contribution in [2.45, 2.75) is 52.6 Å². The van der Waals surface area contributed by atoms with Crippen molar-refractivity contribution in [3.8, 4) is 0 Å². The van der Waals surface area contributed by atoms with Crippen molar-refractivity contribution >= 4 is 6.03 Å². The summed E-state index contributed by atoms with van der Waals surface area (Å²) in [4.78, 5) is 14.1. The molecule has 1 aliphatic heterocycles. The van der Waals surface area contributed by atoms with Crippen LogP contribution in [0, 0.1) is 11.8 Å². The third kappa shape index (κ3) is 6.66. The fourth-order valence-electron chi connectivity index (χ4n) is 2.55. The van der Waals surface area contributed by atoms with Crippen LogP contribution in [-0.4, -0.2) is 54.4 Å².